The van der Waals surface area contributed by atoms with Gasteiger partial charge in [-0.3, -0.25) is 0 Å². The van der Waals surface area contributed by atoms with Crippen molar-refractivity contribution in [3.8, 4) is 11.1 Å². The second-order valence-electron chi connectivity index (χ2n) is 6.13. The van der Waals surface area contributed by atoms with Crippen molar-refractivity contribution in [2.45, 2.75) is 38.0 Å². The van der Waals surface area contributed by atoms with Gasteiger partial charge in [0.1, 0.15) is 0 Å². The van der Waals surface area contributed by atoms with Crippen molar-refractivity contribution in [1.29, 1.82) is 0 Å². The summed E-state index contributed by atoms with van der Waals surface area (Å²) in [4.78, 5) is 0. The van der Waals surface area contributed by atoms with Crippen LogP contribution in [0.15, 0.2) is 73.3 Å². The molecule has 0 unspecified atom stereocenters. The van der Waals surface area contributed by atoms with Crippen LogP contribution in [-0.4, -0.2) is 0 Å². The molecule has 1 aliphatic carbocycles. The zero-order valence-corrected chi connectivity index (χ0v) is 13.4. The molecule has 0 heterocycles. The highest BCUT2D eigenvalue weighted by Gasteiger charge is 2.40. The molecule has 0 saturated carbocycles. The van der Waals surface area contributed by atoms with E-state index in [-0.39, 0.29) is 5.41 Å². The monoisotopic (exact) mass is 288 g/mol. The molecule has 112 valence electrons. The van der Waals surface area contributed by atoms with E-state index in [0.717, 1.165) is 19.3 Å². The number of allylic oxidation sites excluding steroid dienone is 3. The Morgan fingerprint density at radius 2 is 1.45 bits per heavy atom. The molecule has 0 spiro atoms. The Balaban J connectivity index is 2.13. The highest BCUT2D eigenvalue weighted by molar-refractivity contribution is 5.81. The third-order valence-corrected chi connectivity index (χ3v) is 4.76. The molecule has 0 aromatic heterocycles. The number of rotatable bonds is 6. The molecule has 0 heteroatoms. The summed E-state index contributed by atoms with van der Waals surface area (Å²) in [6.45, 7) is 6.26. The van der Waals surface area contributed by atoms with E-state index in [1.165, 1.54) is 28.7 Å². The van der Waals surface area contributed by atoms with Gasteiger partial charge in [-0.1, -0.05) is 80.1 Å². The fourth-order valence-corrected chi connectivity index (χ4v) is 3.75. The molecule has 0 N–H and O–H groups in total. The summed E-state index contributed by atoms with van der Waals surface area (Å²) in [6.07, 6.45) is 11.2. The average Bonchev–Trinajstić information content (AvgIpc) is 2.84. The van der Waals surface area contributed by atoms with Crippen LogP contribution in [0.4, 0.5) is 0 Å². The Kier molecular flexibility index (Phi) is 4.29. The summed E-state index contributed by atoms with van der Waals surface area (Å²) >= 11 is 0. The van der Waals surface area contributed by atoms with E-state index in [2.05, 4.69) is 80.3 Å². The lowest BCUT2D eigenvalue weighted by atomic mass is 9.73. The second-order valence-corrected chi connectivity index (χ2v) is 6.13. The van der Waals surface area contributed by atoms with E-state index in [0.29, 0.717) is 0 Å². The van der Waals surface area contributed by atoms with E-state index < -0.39 is 0 Å². The number of fused-ring (bicyclic) bond motifs is 3. The standard InChI is InChI=1S/C22H24/c1-3-5-6-11-17-22(16-4-2)20-14-9-7-12-18(20)19-13-8-10-15-21(19)22/h4,6-15H,2-3,5,16-17H2,1H3/b11-6+. The van der Waals surface area contributed by atoms with Crippen LogP contribution in [0, 0.1) is 0 Å². The molecular formula is C22H24. The quantitative estimate of drug-likeness (QED) is 0.549. The van der Waals surface area contributed by atoms with Gasteiger partial charge in [0.2, 0.25) is 0 Å². The maximum absolute atomic E-state index is 4.04. The van der Waals surface area contributed by atoms with Crippen molar-refractivity contribution in [3.63, 3.8) is 0 Å². The molecule has 0 aliphatic heterocycles. The maximum atomic E-state index is 4.04. The first kappa shape index (κ1) is 14.8. The molecule has 0 saturated heterocycles. The summed E-state index contributed by atoms with van der Waals surface area (Å²) in [6, 6.07) is 17.7. The SMILES string of the molecule is C=CCC1(C/C=C/CCC)c2ccccc2-c2ccccc21. The largest absolute Gasteiger partial charge is 0.103 e. The Hall–Kier alpha value is -2.08. The minimum Gasteiger partial charge on any atom is -0.103 e. The third kappa shape index (κ3) is 2.33. The summed E-state index contributed by atoms with van der Waals surface area (Å²) in [7, 11) is 0. The first-order chi connectivity index (χ1) is 10.8. The van der Waals surface area contributed by atoms with E-state index >= 15 is 0 Å². The highest BCUT2D eigenvalue weighted by Crippen LogP contribution is 2.52. The van der Waals surface area contributed by atoms with Gasteiger partial charge in [0.05, 0.1) is 0 Å². The van der Waals surface area contributed by atoms with E-state index in [1.807, 2.05) is 0 Å². The third-order valence-electron chi connectivity index (χ3n) is 4.76. The molecule has 0 bridgehead atoms. The molecule has 0 atom stereocenters. The minimum absolute atomic E-state index is 0.0547. The predicted octanol–water partition coefficient (Wildman–Crippen LogP) is 6.28. The van der Waals surface area contributed by atoms with Crippen molar-refractivity contribution >= 4 is 0 Å². The number of unbranched alkanes of at least 4 members (excludes halogenated alkanes) is 1. The summed E-state index contributed by atoms with van der Waals surface area (Å²) < 4.78 is 0. The normalized spacial score (nSPS) is 14.8. The van der Waals surface area contributed by atoms with Gasteiger partial charge in [-0.05, 0) is 41.5 Å². The summed E-state index contributed by atoms with van der Waals surface area (Å²) in [5, 5.41) is 0. The molecule has 0 radical (unpaired) electrons. The first-order valence-electron chi connectivity index (χ1n) is 8.29. The van der Waals surface area contributed by atoms with Gasteiger partial charge >= 0.3 is 0 Å². The maximum Gasteiger partial charge on any atom is 0.0283 e. The number of hydrogen-bond acceptors (Lipinski definition) is 0. The van der Waals surface area contributed by atoms with Crippen LogP contribution in [0.2, 0.25) is 0 Å². The minimum atomic E-state index is 0.0547. The van der Waals surface area contributed by atoms with Gasteiger partial charge in [0.15, 0.2) is 0 Å². The van der Waals surface area contributed by atoms with Gasteiger partial charge in [0, 0.05) is 5.41 Å². The molecule has 2 aromatic rings. The fourth-order valence-electron chi connectivity index (χ4n) is 3.75. The second kappa shape index (κ2) is 6.36. The van der Waals surface area contributed by atoms with E-state index in [4.69, 9.17) is 0 Å². The summed E-state index contributed by atoms with van der Waals surface area (Å²) in [5.74, 6) is 0. The van der Waals surface area contributed by atoms with Crippen molar-refractivity contribution in [2.75, 3.05) is 0 Å². The number of hydrogen-bond donors (Lipinski definition) is 0. The Labute approximate surface area is 134 Å². The predicted molar refractivity (Wildman–Crippen MR) is 96.1 cm³/mol. The molecular weight excluding hydrogens is 264 g/mol. The van der Waals surface area contributed by atoms with Crippen molar-refractivity contribution in [1.82, 2.24) is 0 Å². The molecule has 2 aromatic carbocycles. The van der Waals surface area contributed by atoms with E-state index in [9.17, 15) is 0 Å². The van der Waals surface area contributed by atoms with Crippen molar-refractivity contribution in [2.24, 2.45) is 0 Å². The molecule has 0 nitrogen and oxygen atoms in total. The Bertz CT molecular complexity index is 645. The topological polar surface area (TPSA) is 0 Å². The molecule has 0 fully saturated rings. The first-order valence-corrected chi connectivity index (χ1v) is 8.29. The molecule has 0 amide bonds. The van der Waals surface area contributed by atoms with Gasteiger partial charge in [-0.15, -0.1) is 6.58 Å². The van der Waals surface area contributed by atoms with Crippen molar-refractivity contribution < 1.29 is 0 Å². The van der Waals surface area contributed by atoms with Crippen LogP contribution in [0.25, 0.3) is 11.1 Å². The smallest absolute Gasteiger partial charge is 0.0283 e. The van der Waals surface area contributed by atoms with Crippen LogP contribution < -0.4 is 0 Å². The highest BCUT2D eigenvalue weighted by atomic mass is 14.4. The molecule has 22 heavy (non-hydrogen) atoms. The lowest BCUT2D eigenvalue weighted by Crippen LogP contribution is -2.23. The van der Waals surface area contributed by atoms with Gasteiger partial charge < -0.3 is 0 Å². The van der Waals surface area contributed by atoms with Gasteiger partial charge in [-0.2, -0.15) is 0 Å². The average molecular weight is 288 g/mol. The van der Waals surface area contributed by atoms with Gasteiger partial charge in [0.25, 0.3) is 0 Å². The zero-order chi connectivity index (χ0) is 15.4. The van der Waals surface area contributed by atoms with Crippen LogP contribution in [0.3, 0.4) is 0 Å². The fraction of sp³-hybridized carbons (Fsp3) is 0.273. The van der Waals surface area contributed by atoms with Gasteiger partial charge in [-0.25, -0.2) is 0 Å². The Morgan fingerprint density at radius 1 is 0.864 bits per heavy atom. The van der Waals surface area contributed by atoms with Crippen LogP contribution in [0.5, 0.6) is 0 Å². The zero-order valence-electron chi connectivity index (χ0n) is 13.4. The molecule has 3 rings (SSSR count). The number of benzene rings is 2. The van der Waals surface area contributed by atoms with Crippen molar-refractivity contribution in [3.05, 3.63) is 84.5 Å². The lowest BCUT2D eigenvalue weighted by molar-refractivity contribution is 0.542. The molecule has 1 aliphatic rings. The summed E-state index contributed by atoms with van der Waals surface area (Å²) in [5.41, 5.74) is 5.75. The van der Waals surface area contributed by atoms with Crippen LogP contribution in [0.1, 0.15) is 43.7 Å². The van der Waals surface area contributed by atoms with E-state index in [1.54, 1.807) is 0 Å². The lowest BCUT2D eigenvalue weighted by Gasteiger charge is -2.30. The van der Waals surface area contributed by atoms with Crippen LogP contribution >= 0.6 is 0 Å². The van der Waals surface area contributed by atoms with Crippen LogP contribution in [-0.2, 0) is 5.41 Å². The Morgan fingerprint density at radius 3 is 2.00 bits per heavy atom.